The highest BCUT2D eigenvalue weighted by atomic mass is 16.5. The monoisotopic (exact) mass is 297 g/mol. The molecule has 22 heavy (non-hydrogen) atoms. The Hall–Kier alpha value is -2.60. The molecule has 1 aromatic carbocycles. The maximum absolute atomic E-state index is 5.63. The number of rotatable bonds is 4. The van der Waals surface area contributed by atoms with Crippen molar-refractivity contribution in [2.45, 2.75) is 20.8 Å². The van der Waals surface area contributed by atoms with E-state index in [2.05, 4.69) is 15.5 Å². The molecule has 6 heteroatoms. The van der Waals surface area contributed by atoms with Crippen molar-refractivity contribution in [3.63, 3.8) is 0 Å². The molecule has 0 aliphatic carbocycles. The fourth-order valence-electron chi connectivity index (χ4n) is 2.40. The zero-order valence-corrected chi connectivity index (χ0v) is 12.9. The molecular weight excluding hydrogens is 278 g/mol. The summed E-state index contributed by atoms with van der Waals surface area (Å²) in [7, 11) is 0. The topological polar surface area (TPSA) is 77.5 Å². The average molecular weight is 297 g/mol. The molecule has 0 saturated carbocycles. The summed E-state index contributed by atoms with van der Waals surface area (Å²) in [6.07, 6.45) is 0. The van der Waals surface area contributed by atoms with Gasteiger partial charge in [0.1, 0.15) is 11.6 Å². The molecule has 0 amide bonds. The number of hydrogen-bond donors (Lipinski definition) is 2. The fraction of sp³-hybridized carbons (Fsp3) is 0.250. The van der Waals surface area contributed by atoms with E-state index in [4.69, 9.17) is 10.6 Å². The molecule has 2 heterocycles. The van der Waals surface area contributed by atoms with E-state index < -0.39 is 0 Å². The van der Waals surface area contributed by atoms with E-state index in [9.17, 15) is 0 Å². The second kappa shape index (κ2) is 5.65. The second-order valence-corrected chi connectivity index (χ2v) is 5.07. The van der Waals surface area contributed by atoms with E-state index in [0.717, 1.165) is 39.7 Å². The van der Waals surface area contributed by atoms with Gasteiger partial charge in [0.15, 0.2) is 5.65 Å². The van der Waals surface area contributed by atoms with Crippen LogP contribution in [-0.4, -0.2) is 21.2 Å². The highest BCUT2D eigenvalue weighted by molar-refractivity contribution is 5.67. The third-order valence-corrected chi connectivity index (χ3v) is 3.68. The number of nitrogen functional groups attached to an aromatic ring is 1. The quantitative estimate of drug-likeness (QED) is 0.572. The first-order valence-electron chi connectivity index (χ1n) is 7.21. The summed E-state index contributed by atoms with van der Waals surface area (Å²) in [5, 5.41) is 4.60. The van der Waals surface area contributed by atoms with E-state index in [1.807, 2.05) is 51.1 Å². The van der Waals surface area contributed by atoms with Crippen LogP contribution in [0.5, 0.6) is 5.75 Å². The van der Waals surface area contributed by atoms with Crippen molar-refractivity contribution in [2.24, 2.45) is 5.84 Å². The lowest BCUT2D eigenvalue weighted by Gasteiger charge is -2.09. The van der Waals surface area contributed by atoms with Crippen molar-refractivity contribution < 1.29 is 4.74 Å². The van der Waals surface area contributed by atoms with Gasteiger partial charge >= 0.3 is 0 Å². The van der Waals surface area contributed by atoms with E-state index >= 15 is 0 Å². The number of nitrogens with one attached hydrogen (secondary N) is 1. The lowest BCUT2D eigenvalue weighted by molar-refractivity contribution is 0.340. The predicted octanol–water partition coefficient (Wildman–Crippen LogP) is 2.70. The Bertz CT molecular complexity index is 808. The van der Waals surface area contributed by atoms with Crippen LogP contribution in [-0.2, 0) is 0 Å². The summed E-state index contributed by atoms with van der Waals surface area (Å²) < 4.78 is 7.19. The highest BCUT2D eigenvalue weighted by Crippen LogP contribution is 2.25. The predicted molar refractivity (Wildman–Crippen MR) is 86.9 cm³/mol. The third kappa shape index (κ3) is 2.37. The first-order valence-corrected chi connectivity index (χ1v) is 7.21. The molecule has 3 aromatic rings. The van der Waals surface area contributed by atoms with Crippen molar-refractivity contribution in [2.75, 3.05) is 12.0 Å². The van der Waals surface area contributed by atoms with Gasteiger partial charge in [0.2, 0.25) is 0 Å². The Morgan fingerprint density at radius 2 is 1.95 bits per heavy atom. The SMILES string of the molecule is CCOc1ccc(-c2cc3nc(C)c(C)c(NN)n3n2)cc1. The number of ether oxygens (including phenoxy) is 1. The van der Waals surface area contributed by atoms with E-state index in [1.54, 1.807) is 4.52 Å². The number of hydrogen-bond acceptors (Lipinski definition) is 5. The Morgan fingerprint density at radius 1 is 1.23 bits per heavy atom. The molecule has 0 bridgehead atoms. The largest absolute Gasteiger partial charge is 0.494 e. The van der Waals surface area contributed by atoms with Gasteiger partial charge in [-0.05, 0) is 45.0 Å². The van der Waals surface area contributed by atoms with Gasteiger partial charge in [-0.2, -0.15) is 9.61 Å². The maximum Gasteiger partial charge on any atom is 0.158 e. The summed E-state index contributed by atoms with van der Waals surface area (Å²) in [4.78, 5) is 4.56. The summed E-state index contributed by atoms with van der Waals surface area (Å²) >= 11 is 0. The summed E-state index contributed by atoms with van der Waals surface area (Å²) in [6, 6.07) is 9.80. The molecule has 2 aromatic heterocycles. The minimum absolute atomic E-state index is 0.654. The van der Waals surface area contributed by atoms with Gasteiger partial charge in [-0.15, -0.1) is 0 Å². The molecular formula is C16H19N5O. The second-order valence-electron chi connectivity index (χ2n) is 5.07. The number of hydrazine groups is 1. The van der Waals surface area contributed by atoms with Crippen LogP contribution in [0.3, 0.4) is 0 Å². The van der Waals surface area contributed by atoms with Gasteiger partial charge in [0.25, 0.3) is 0 Å². The molecule has 0 atom stereocenters. The Morgan fingerprint density at radius 3 is 2.59 bits per heavy atom. The van der Waals surface area contributed by atoms with Crippen LogP contribution in [0.1, 0.15) is 18.2 Å². The summed E-state index contributed by atoms with van der Waals surface area (Å²) in [5.74, 6) is 7.23. The molecule has 0 aliphatic heterocycles. The van der Waals surface area contributed by atoms with Crippen LogP contribution >= 0.6 is 0 Å². The van der Waals surface area contributed by atoms with Crippen molar-refractivity contribution in [1.29, 1.82) is 0 Å². The van der Waals surface area contributed by atoms with Crippen LogP contribution in [0.4, 0.5) is 5.82 Å². The number of benzene rings is 1. The smallest absolute Gasteiger partial charge is 0.158 e. The molecule has 0 spiro atoms. The van der Waals surface area contributed by atoms with Crippen LogP contribution in [0.2, 0.25) is 0 Å². The minimum Gasteiger partial charge on any atom is -0.494 e. The molecule has 3 N–H and O–H groups in total. The molecule has 0 fully saturated rings. The fourth-order valence-corrected chi connectivity index (χ4v) is 2.40. The molecule has 6 nitrogen and oxygen atoms in total. The molecule has 0 radical (unpaired) electrons. The summed E-state index contributed by atoms with van der Waals surface area (Å²) in [5.41, 5.74) is 7.24. The van der Waals surface area contributed by atoms with E-state index in [-0.39, 0.29) is 0 Å². The number of nitrogens with two attached hydrogens (primary N) is 1. The average Bonchev–Trinajstić information content (AvgIpc) is 2.93. The zero-order valence-electron chi connectivity index (χ0n) is 12.9. The third-order valence-electron chi connectivity index (χ3n) is 3.68. The Kier molecular flexibility index (Phi) is 3.68. The standard InChI is InChI=1S/C16H19N5O/c1-4-22-13-7-5-12(6-8-13)14-9-15-18-11(3)10(2)16(19-17)21(15)20-14/h5-9,19H,4,17H2,1-3H3. The number of aromatic nitrogens is 3. The minimum atomic E-state index is 0.654. The van der Waals surface area contributed by atoms with Gasteiger partial charge in [-0.25, -0.2) is 10.8 Å². The van der Waals surface area contributed by atoms with Gasteiger partial charge < -0.3 is 10.2 Å². The van der Waals surface area contributed by atoms with Crippen molar-refractivity contribution in [3.05, 3.63) is 41.6 Å². The first-order chi connectivity index (χ1) is 10.6. The van der Waals surface area contributed by atoms with E-state index in [0.29, 0.717) is 6.61 Å². The van der Waals surface area contributed by atoms with Gasteiger partial charge in [-0.1, -0.05) is 0 Å². The van der Waals surface area contributed by atoms with Crippen LogP contribution in [0, 0.1) is 13.8 Å². The first kappa shape index (κ1) is 14.3. The summed E-state index contributed by atoms with van der Waals surface area (Å²) in [6.45, 7) is 6.55. The molecule has 114 valence electrons. The molecule has 0 aliphatic rings. The zero-order chi connectivity index (χ0) is 15.7. The Labute approximate surface area is 128 Å². The van der Waals surface area contributed by atoms with Crippen molar-refractivity contribution in [1.82, 2.24) is 14.6 Å². The molecule has 3 rings (SSSR count). The normalized spacial score (nSPS) is 10.9. The van der Waals surface area contributed by atoms with Crippen LogP contribution in [0.25, 0.3) is 16.9 Å². The molecule has 0 saturated heterocycles. The maximum atomic E-state index is 5.63. The highest BCUT2D eigenvalue weighted by Gasteiger charge is 2.12. The molecule has 0 unspecified atom stereocenters. The van der Waals surface area contributed by atoms with E-state index in [1.165, 1.54) is 0 Å². The number of nitrogens with zero attached hydrogens (tertiary/aromatic N) is 3. The lowest BCUT2D eigenvalue weighted by atomic mass is 10.1. The van der Waals surface area contributed by atoms with Crippen LogP contribution in [0.15, 0.2) is 30.3 Å². The van der Waals surface area contributed by atoms with Crippen molar-refractivity contribution in [3.8, 4) is 17.0 Å². The number of aryl methyl sites for hydroxylation is 1. The lowest BCUT2D eigenvalue weighted by Crippen LogP contribution is -2.14. The van der Waals surface area contributed by atoms with Crippen LogP contribution < -0.4 is 16.0 Å². The number of anilines is 1. The van der Waals surface area contributed by atoms with Crippen molar-refractivity contribution >= 4 is 11.5 Å². The number of fused-ring (bicyclic) bond motifs is 1. The van der Waals surface area contributed by atoms with Gasteiger partial charge in [-0.3, -0.25) is 0 Å². The van der Waals surface area contributed by atoms with Gasteiger partial charge in [0, 0.05) is 22.9 Å². The Balaban J connectivity index is 2.08. The van der Waals surface area contributed by atoms with Gasteiger partial charge in [0.05, 0.1) is 12.3 Å².